The third-order valence-corrected chi connectivity index (χ3v) is 7.10. The summed E-state index contributed by atoms with van der Waals surface area (Å²) in [5.41, 5.74) is 2.57. The van der Waals surface area contributed by atoms with E-state index in [0.29, 0.717) is 13.0 Å². The molecule has 0 bridgehead atoms. The van der Waals surface area contributed by atoms with Crippen molar-refractivity contribution in [1.29, 1.82) is 0 Å². The number of likely N-dealkylation sites (tertiary alicyclic amines) is 1. The number of nitrogens with one attached hydrogen (secondary N) is 1. The second-order valence-electron chi connectivity index (χ2n) is 9.51. The number of nitrogens with zero attached hydrogens (tertiary/aromatic N) is 1. The summed E-state index contributed by atoms with van der Waals surface area (Å²) in [4.78, 5) is 36.4. The summed E-state index contributed by atoms with van der Waals surface area (Å²) in [7, 11) is 0. The number of halogens is 4. The maximum atomic E-state index is 13.3. The summed E-state index contributed by atoms with van der Waals surface area (Å²) in [5, 5.41) is 10.2. The first kappa shape index (κ1) is 28.3. The maximum Gasteiger partial charge on any atom is 0.490 e. The van der Waals surface area contributed by atoms with Gasteiger partial charge in [-0.05, 0) is 63.5 Å². The third-order valence-electron chi connectivity index (χ3n) is 7.10. The van der Waals surface area contributed by atoms with Gasteiger partial charge in [0.05, 0.1) is 5.41 Å². The summed E-state index contributed by atoms with van der Waals surface area (Å²) in [6.45, 7) is 5.21. The van der Waals surface area contributed by atoms with Gasteiger partial charge in [-0.1, -0.05) is 42.0 Å². The Morgan fingerprint density at radius 3 is 2.16 bits per heavy atom. The number of aliphatic carboxylic acids is 1. The van der Waals surface area contributed by atoms with Crippen LogP contribution in [0.2, 0.25) is 0 Å². The van der Waals surface area contributed by atoms with Crippen LogP contribution in [0.15, 0.2) is 48.5 Å². The van der Waals surface area contributed by atoms with E-state index in [-0.39, 0.29) is 23.4 Å². The minimum absolute atomic E-state index is 0.0934. The Kier molecular flexibility index (Phi) is 9.07. The van der Waals surface area contributed by atoms with E-state index in [1.165, 1.54) is 12.1 Å². The van der Waals surface area contributed by atoms with Crippen LogP contribution in [0, 0.1) is 18.2 Å². The summed E-state index contributed by atoms with van der Waals surface area (Å²) >= 11 is 0. The normalized spacial score (nSPS) is 19.2. The molecule has 2 aromatic carbocycles. The molecule has 4 rings (SSSR count). The predicted molar refractivity (Wildman–Crippen MR) is 129 cm³/mol. The van der Waals surface area contributed by atoms with E-state index in [1.54, 1.807) is 0 Å². The molecule has 2 aliphatic heterocycles. The van der Waals surface area contributed by atoms with Crippen molar-refractivity contribution in [2.75, 3.05) is 26.2 Å². The van der Waals surface area contributed by atoms with Gasteiger partial charge in [0.15, 0.2) is 5.78 Å². The molecule has 10 heteroatoms. The second kappa shape index (κ2) is 11.9. The van der Waals surface area contributed by atoms with Crippen LogP contribution in [0.1, 0.15) is 53.1 Å². The number of aryl methyl sites for hydroxylation is 1. The van der Waals surface area contributed by atoms with Crippen LogP contribution in [0.25, 0.3) is 0 Å². The molecule has 2 aliphatic rings. The van der Waals surface area contributed by atoms with Crippen molar-refractivity contribution in [2.24, 2.45) is 5.41 Å². The molecule has 1 amide bonds. The fraction of sp³-hybridized carbons (Fsp3) is 0.444. The van der Waals surface area contributed by atoms with Gasteiger partial charge in [-0.25, -0.2) is 9.18 Å². The van der Waals surface area contributed by atoms with Crippen LogP contribution in [0.3, 0.4) is 0 Å². The first-order valence-electron chi connectivity index (χ1n) is 12.1. The highest BCUT2D eigenvalue weighted by Crippen LogP contribution is 2.47. The van der Waals surface area contributed by atoms with E-state index >= 15 is 0 Å². The summed E-state index contributed by atoms with van der Waals surface area (Å²) < 4.78 is 45.1. The highest BCUT2D eigenvalue weighted by molar-refractivity contribution is 5.96. The fourth-order valence-corrected chi connectivity index (χ4v) is 4.95. The molecular formula is C27H30F4N2O4. The molecule has 2 fully saturated rings. The number of ketones is 1. The summed E-state index contributed by atoms with van der Waals surface area (Å²) in [6, 6.07) is 14.3. The zero-order chi connectivity index (χ0) is 27.2. The molecule has 2 saturated heterocycles. The molecule has 0 aliphatic carbocycles. The Hall–Kier alpha value is -3.27. The number of benzene rings is 2. The summed E-state index contributed by atoms with van der Waals surface area (Å²) in [5.74, 6) is -2.59. The molecule has 1 atom stereocenters. The van der Waals surface area contributed by atoms with Crippen LogP contribution in [-0.2, 0) is 9.59 Å². The Morgan fingerprint density at radius 2 is 1.62 bits per heavy atom. The number of carbonyl (C=O) groups is 3. The molecule has 2 aromatic rings. The zero-order valence-electron chi connectivity index (χ0n) is 20.5. The monoisotopic (exact) mass is 522 g/mol. The number of carboxylic acid groups (broad SMARTS) is 1. The van der Waals surface area contributed by atoms with Gasteiger partial charge in [0.1, 0.15) is 5.82 Å². The minimum atomic E-state index is -5.08. The molecular weight excluding hydrogens is 492 g/mol. The van der Waals surface area contributed by atoms with Crippen molar-refractivity contribution >= 4 is 17.7 Å². The van der Waals surface area contributed by atoms with Crippen molar-refractivity contribution in [3.8, 4) is 0 Å². The highest BCUT2D eigenvalue weighted by Gasteiger charge is 2.51. The van der Waals surface area contributed by atoms with Crippen LogP contribution in [-0.4, -0.2) is 60.0 Å². The lowest BCUT2D eigenvalue weighted by Crippen LogP contribution is -2.46. The first-order valence-corrected chi connectivity index (χ1v) is 12.1. The molecule has 0 unspecified atom stereocenters. The quantitative estimate of drug-likeness (QED) is 0.423. The first-order chi connectivity index (χ1) is 17.4. The standard InChI is InChI=1S/C25H29FN2O2.C2HF3O2/c1-18-4-6-20(7-5-18)23(29)3-2-14-28-15-12-25(13-16-28)22(17-27-24(25)30)19-8-10-21(26)11-9-19;3-2(4,5)1(6)7/h4-11,22H,2-3,12-17H2,1H3,(H,27,30);(H,6,7)/t22-;/m0./s1. The average molecular weight is 523 g/mol. The number of amides is 1. The smallest absolute Gasteiger partial charge is 0.475 e. The molecule has 2 N–H and O–H groups in total. The van der Waals surface area contributed by atoms with Gasteiger partial charge in [-0.15, -0.1) is 0 Å². The van der Waals surface area contributed by atoms with E-state index in [0.717, 1.165) is 55.6 Å². The van der Waals surface area contributed by atoms with Gasteiger partial charge in [-0.3, -0.25) is 9.59 Å². The predicted octanol–water partition coefficient (Wildman–Crippen LogP) is 4.73. The lowest BCUT2D eigenvalue weighted by atomic mass is 9.68. The van der Waals surface area contributed by atoms with Gasteiger partial charge < -0.3 is 15.3 Å². The molecule has 0 aromatic heterocycles. The van der Waals surface area contributed by atoms with E-state index in [4.69, 9.17) is 9.90 Å². The van der Waals surface area contributed by atoms with Gasteiger partial charge in [0.25, 0.3) is 0 Å². The number of Topliss-reactive ketones (excluding diaryl/α,β-unsaturated/α-hetero) is 1. The van der Waals surface area contributed by atoms with Gasteiger partial charge in [-0.2, -0.15) is 13.2 Å². The molecule has 0 saturated carbocycles. The lowest BCUT2D eigenvalue weighted by molar-refractivity contribution is -0.192. The number of hydrogen-bond donors (Lipinski definition) is 2. The number of carboxylic acids is 1. The van der Waals surface area contributed by atoms with E-state index in [2.05, 4.69) is 10.2 Å². The number of hydrogen-bond acceptors (Lipinski definition) is 4. The summed E-state index contributed by atoms with van der Waals surface area (Å²) in [6.07, 6.45) is -2.11. The number of carbonyl (C=O) groups excluding carboxylic acids is 2. The van der Waals surface area contributed by atoms with Crippen molar-refractivity contribution < 1.29 is 37.1 Å². The van der Waals surface area contributed by atoms with Crippen LogP contribution < -0.4 is 5.32 Å². The van der Waals surface area contributed by atoms with Crippen molar-refractivity contribution in [2.45, 2.75) is 44.7 Å². The zero-order valence-corrected chi connectivity index (χ0v) is 20.5. The Balaban J connectivity index is 0.000000479. The van der Waals surface area contributed by atoms with Crippen molar-refractivity contribution in [1.82, 2.24) is 10.2 Å². The molecule has 200 valence electrons. The van der Waals surface area contributed by atoms with E-state index in [9.17, 15) is 27.2 Å². The second-order valence-corrected chi connectivity index (χ2v) is 9.51. The molecule has 2 heterocycles. The van der Waals surface area contributed by atoms with E-state index < -0.39 is 17.6 Å². The molecule has 37 heavy (non-hydrogen) atoms. The maximum absolute atomic E-state index is 13.3. The molecule has 0 radical (unpaired) electrons. The lowest BCUT2D eigenvalue weighted by Gasteiger charge is -2.41. The Bertz CT molecular complexity index is 1090. The highest BCUT2D eigenvalue weighted by atomic mass is 19.4. The largest absolute Gasteiger partial charge is 0.490 e. The van der Waals surface area contributed by atoms with Crippen LogP contribution >= 0.6 is 0 Å². The third kappa shape index (κ3) is 7.15. The van der Waals surface area contributed by atoms with Crippen LogP contribution in [0.4, 0.5) is 17.6 Å². The molecule has 6 nitrogen and oxygen atoms in total. The SMILES string of the molecule is Cc1ccc(C(=O)CCCN2CCC3(CC2)C(=O)NC[C@H]3c2ccc(F)cc2)cc1.O=C(O)C(F)(F)F. The van der Waals surface area contributed by atoms with Crippen molar-refractivity contribution in [3.63, 3.8) is 0 Å². The molecule has 1 spiro atoms. The van der Waals surface area contributed by atoms with Gasteiger partial charge >= 0.3 is 12.1 Å². The van der Waals surface area contributed by atoms with E-state index in [1.807, 2.05) is 43.3 Å². The Morgan fingerprint density at radius 1 is 1.05 bits per heavy atom. The average Bonchev–Trinajstić information content (AvgIpc) is 3.16. The van der Waals surface area contributed by atoms with Gasteiger partial charge in [0, 0.05) is 24.4 Å². The van der Waals surface area contributed by atoms with Crippen LogP contribution in [0.5, 0.6) is 0 Å². The minimum Gasteiger partial charge on any atom is -0.475 e. The number of piperidine rings is 1. The van der Waals surface area contributed by atoms with Crippen molar-refractivity contribution in [3.05, 3.63) is 71.0 Å². The topological polar surface area (TPSA) is 86.7 Å². The van der Waals surface area contributed by atoms with Gasteiger partial charge in [0.2, 0.25) is 5.91 Å². The number of rotatable bonds is 6. The Labute approximate surface area is 212 Å². The fourth-order valence-electron chi connectivity index (χ4n) is 4.95. The number of alkyl halides is 3.